The van der Waals surface area contributed by atoms with Crippen molar-refractivity contribution in [3.63, 3.8) is 0 Å². The first kappa shape index (κ1) is 15.9. The summed E-state index contributed by atoms with van der Waals surface area (Å²) in [7, 11) is 0. The zero-order valence-corrected chi connectivity index (χ0v) is 12.8. The molecule has 0 N–H and O–H groups in total. The molecule has 1 heterocycles. The highest BCUT2D eigenvalue weighted by Crippen LogP contribution is 2.10. The van der Waals surface area contributed by atoms with Crippen LogP contribution in [0.4, 0.5) is 0 Å². The third-order valence-corrected chi connectivity index (χ3v) is 4.42. The van der Waals surface area contributed by atoms with Gasteiger partial charge in [0.2, 0.25) is 0 Å². The van der Waals surface area contributed by atoms with E-state index in [0.717, 1.165) is 36.3 Å². The number of hydrogen-bond acceptors (Lipinski definition) is 3. The van der Waals surface area contributed by atoms with Crippen molar-refractivity contribution in [2.45, 2.75) is 25.0 Å². The Hall–Kier alpha value is -1.52. The van der Waals surface area contributed by atoms with Crippen LogP contribution in [0.1, 0.15) is 24.8 Å². The number of hydrogen-bond donors (Lipinski definition) is 0. The summed E-state index contributed by atoms with van der Waals surface area (Å²) in [6.07, 6.45) is 6.51. The van der Waals surface area contributed by atoms with Crippen LogP contribution in [0.25, 0.3) is 0 Å². The molecule has 0 bridgehead atoms. The number of aromatic nitrogens is 1. The van der Waals surface area contributed by atoms with Crippen LogP contribution < -0.4 is 4.74 Å². The SMILES string of the molecule is [O-][S+](CCCCCOc1cc[c]cc1)Cc1cccnc1. The summed E-state index contributed by atoms with van der Waals surface area (Å²) in [5.74, 6) is 2.23. The van der Waals surface area contributed by atoms with Crippen LogP contribution in [0.3, 0.4) is 0 Å². The molecule has 111 valence electrons. The second-order valence-electron chi connectivity index (χ2n) is 4.79. The second kappa shape index (κ2) is 9.42. The molecule has 0 saturated heterocycles. The number of pyridine rings is 1. The van der Waals surface area contributed by atoms with Crippen molar-refractivity contribution in [2.75, 3.05) is 12.4 Å². The van der Waals surface area contributed by atoms with Crippen molar-refractivity contribution in [3.8, 4) is 5.75 Å². The lowest BCUT2D eigenvalue weighted by molar-refractivity contribution is 0.306. The molecule has 0 spiro atoms. The number of unbranched alkanes of at least 4 members (excludes halogenated alkanes) is 2. The molecule has 4 heteroatoms. The lowest BCUT2D eigenvalue weighted by atomic mass is 10.3. The lowest BCUT2D eigenvalue weighted by Crippen LogP contribution is -2.10. The molecule has 1 unspecified atom stereocenters. The molecule has 1 aromatic heterocycles. The molecule has 0 saturated carbocycles. The summed E-state index contributed by atoms with van der Waals surface area (Å²) in [6, 6.07) is 14.3. The van der Waals surface area contributed by atoms with Crippen LogP contribution in [-0.2, 0) is 16.9 Å². The van der Waals surface area contributed by atoms with Gasteiger partial charge in [-0.2, -0.15) is 0 Å². The van der Waals surface area contributed by atoms with Gasteiger partial charge in [-0.1, -0.05) is 18.2 Å². The smallest absolute Gasteiger partial charge is 0.132 e. The lowest BCUT2D eigenvalue weighted by Gasteiger charge is -2.11. The van der Waals surface area contributed by atoms with Gasteiger partial charge >= 0.3 is 0 Å². The van der Waals surface area contributed by atoms with E-state index in [4.69, 9.17) is 4.74 Å². The Kier molecular flexibility index (Phi) is 7.12. The topological polar surface area (TPSA) is 45.2 Å². The maximum atomic E-state index is 11.9. The zero-order valence-electron chi connectivity index (χ0n) is 12.0. The number of rotatable bonds is 9. The fourth-order valence-corrected chi connectivity index (χ4v) is 3.15. The highest BCUT2D eigenvalue weighted by Gasteiger charge is 2.07. The van der Waals surface area contributed by atoms with Crippen molar-refractivity contribution in [1.82, 2.24) is 4.98 Å². The van der Waals surface area contributed by atoms with Crippen LogP contribution in [0.5, 0.6) is 5.75 Å². The first-order valence-electron chi connectivity index (χ1n) is 7.17. The van der Waals surface area contributed by atoms with E-state index in [1.807, 2.05) is 36.4 Å². The Morgan fingerprint density at radius 1 is 1.14 bits per heavy atom. The fourth-order valence-electron chi connectivity index (χ4n) is 1.94. The Morgan fingerprint density at radius 3 is 2.76 bits per heavy atom. The van der Waals surface area contributed by atoms with Gasteiger partial charge in [-0.05, 0) is 54.7 Å². The van der Waals surface area contributed by atoms with Gasteiger partial charge < -0.3 is 9.29 Å². The summed E-state index contributed by atoms with van der Waals surface area (Å²) in [5, 5.41) is 0. The Bertz CT molecular complexity index is 493. The maximum Gasteiger partial charge on any atom is 0.132 e. The first-order valence-corrected chi connectivity index (χ1v) is 8.66. The Balaban J connectivity index is 1.51. The molecule has 0 fully saturated rings. The van der Waals surface area contributed by atoms with Gasteiger partial charge in [0.05, 0.1) is 6.61 Å². The van der Waals surface area contributed by atoms with Gasteiger partial charge in [0.25, 0.3) is 0 Å². The van der Waals surface area contributed by atoms with E-state index in [9.17, 15) is 4.55 Å². The van der Waals surface area contributed by atoms with Crippen LogP contribution in [0.2, 0.25) is 0 Å². The minimum atomic E-state index is -0.797. The zero-order chi connectivity index (χ0) is 14.8. The molecular weight excluding hydrogens is 282 g/mol. The minimum Gasteiger partial charge on any atom is -0.616 e. The van der Waals surface area contributed by atoms with Gasteiger partial charge in [-0.3, -0.25) is 4.98 Å². The molecule has 1 aromatic carbocycles. The molecule has 21 heavy (non-hydrogen) atoms. The molecule has 2 rings (SSSR count). The van der Waals surface area contributed by atoms with Crippen LogP contribution in [0, 0.1) is 6.07 Å². The van der Waals surface area contributed by atoms with E-state index in [1.54, 1.807) is 12.4 Å². The standard InChI is InChI=1S/C17H20NO2S/c19-21(15-16-8-7-11-18-14-16)13-6-2-5-12-20-17-9-3-1-4-10-17/h3-4,7-11,14H,2,5-6,12-13,15H2. The van der Waals surface area contributed by atoms with Gasteiger partial charge in [-0.15, -0.1) is 0 Å². The highest BCUT2D eigenvalue weighted by molar-refractivity contribution is 7.90. The van der Waals surface area contributed by atoms with Crippen LogP contribution in [0.15, 0.2) is 48.8 Å². The summed E-state index contributed by atoms with van der Waals surface area (Å²) < 4.78 is 17.5. The fraction of sp³-hybridized carbons (Fsp3) is 0.353. The summed E-state index contributed by atoms with van der Waals surface area (Å²) in [5.41, 5.74) is 1.04. The van der Waals surface area contributed by atoms with E-state index in [0.29, 0.717) is 12.4 Å². The number of benzene rings is 1. The molecule has 1 atom stereocenters. The second-order valence-corrected chi connectivity index (χ2v) is 6.37. The van der Waals surface area contributed by atoms with Crippen molar-refractivity contribution < 1.29 is 9.29 Å². The maximum absolute atomic E-state index is 11.9. The number of nitrogens with zero attached hydrogens (tertiary/aromatic N) is 1. The van der Waals surface area contributed by atoms with E-state index < -0.39 is 11.2 Å². The van der Waals surface area contributed by atoms with Crippen LogP contribution >= 0.6 is 0 Å². The van der Waals surface area contributed by atoms with Crippen molar-refractivity contribution >= 4 is 11.2 Å². The predicted molar refractivity (Wildman–Crippen MR) is 85.6 cm³/mol. The van der Waals surface area contributed by atoms with Gasteiger partial charge in [0, 0.05) is 18.0 Å². The summed E-state index contributed by atoms with van der Waals surface area (Å²) in [4.78, 5) is 4.03. The largest absolute Gasteiger partial charge is 0.616 e. The molecule has 1 radical (unpaired) electrons. The van der Waals surface area contributed by atoms with Gasteiger partial charge in [-0.25, -0.2) is 0 Å². The van der Waals surface area contributed by atoms with E-state index in [1.165, 1.54) is 0 Å². The minimum absolute atomic E-state index is 0.602. The van der Waals surface area contributed by atoms with Gasteiger partial charge in [0.15, 0.2) is 0 Å². The molecule has 0 aliphatic heterocycles. The molecule has 2 aromatic rings. The quantitative estimate of drug-likeness (QED) is 0.527. The monoisotopic (exact) mass is 302 g/mol. The molecule has 0 aliphatic rings. The predicted octanol–water partition coefficient (Wildman–Crippen LogP) is 3.38. The van der Waals surface area contributed by atoms with Crippen molar-refractivity contribution in [1.29, 1.82) is 0 Å². The van der Waals surface area contributed by atoms with Crippen LogP contribution in [-0.4, -0.2) is 21.9 Å². The summed E-state index contributed by atoms with van der Waals surface area (Å²) >= 11 is -0.797. The Labute approximate surface area is 129 Å². The normalized spacial score (nSPS) is 12.0. The Morgan fingerprint density at radius 2 is 2.00 bits per heavy atom. The average molecular weight is 302 g/mol. The molecule has 3 nitrogen and oxygen atoms in total. The van der Waals surface area contributed by atoms with Gasteiger partial charge in [0.1, 0.15) is 17.3 Å². The summed E-state index contributed by atoms with van der Waals surface area (Å²) in [6.45, 7) is 0.708. The highest BCUT2D eigenvalue weighted by atomic mass is 32.2. The molecule has 0 amide bonds. The van der Waals surface area contributed by atoms with E-state index in [-0.39, 0.29) is 0 Å². The third kappa shape index (κ3) is 6.65. The average Bonchev–Trinajstić information content (AvgIpc) is 2.53. The first-order chi connectivity index (χ1) is 10.3. The molecular formula is C17H20NO2S. The number of ether oxygens (including phenoxy) is 1. The van der Waals surface area contributed by atoms with Crippen molar-refractivity contribution in [2.24, 2.45) is 0 Å². The van der Waals surface area contributed by atoms with E-state index >= 15 is 0 Å². The van der Waals surface area contributed by atoms with E-state index in [2.05, 4.69) is 11.1 Å². The van der Waals surface area contributed by atoms with Crippen molar-refractivity contribution in [3.05, 3.63) is 60.4 Å². The molecule has 0 aliphatic carbocycles. The third-order valence-electron chi connectivity index (χ3n) is 3.02.